The molecule has 49 heavy (non-hydrogen) atoms. The van der Waals surface area contributed by atoms with Crippen LogP contribution >= 0.6 is 45.2 Å². The highest BCUT2D eigenvalue weighted by Gasteiger charge is 2.47. The van der Waals surface area contributed by atoms with Crippen LogP contribution in [0.1, 0.15) is 35.6 Å². The van der Waals surface area contributed by atoms with Gasteiger partial charge >= 0.3 is 5.97 Å². The summed E-state index contributed by atoms with van der Waals surface area (Å²) in [4.78, 5) is 14.0. The first-order valence-electron chi connectivity index (χ1n) is 15.4. The number of aryl methyl sites for hydroxylation is 2. The summed E-state index contributed by atoms with van der Waals surface area (Å²) in [6.07, 6.45) is 0.434. The average molecular weight is 919 g/mol. The van der Waals surface area contributed by atoms with Gasteiger partial charge in [-0.2, -0.15) is 8.42 Å². The van der Waals surface area contributed by atoms with E-state index in [-0.39, 0.29) is 22.9 Å². The van der Waals surface area contributed by atoms with Gasteiger partial charge in [-0.15, -0.1) is 4.40 Å². The van der Waals surface area contributed by atoms with Gasteiger partial charge in [0.25, 0.3) is 20.0 Å². The molecule has 1 atom stereocenters. The smallest absolute Gasteiger partial charge is 0.321 e. The fraction of sp³-hybridized carbons (Fsp3) is 0.189. The molecule has 2 aliphatic rings. The summed E-state index contributed by atoms with van der Waals surface area (Å²) in [5.74, 6) is -2.72. The molecule has 0 aromatic heterocycles. The van der Waals surface area contributed by atoms with Crippen LogP contribution in [0.3, 0.4) is 0 Å². The van der Waals surface area contributed by atoms with E-state index < -0.39 is 37.8 Å². The number of nitrogens with zero attached hydrogens (tertiary/aromatic N) is 2. The van der Waals surface area contributed by atoms with E-state index in [0.717, 1.165) is 39.3 Å². The molecule has 1 aliphatic carbocycles. The van der Waals surface area contributed by atoms with Crippen LogP contribution in [0, 0.1) is 26.9 Å². The molecule has 6 rings (SSSR count). The Bertz CT molecular complexity index is 2250. The number of allylic oxidation sites excluding steroid dienone is 1. The maximum absolute atomic E-state index is 14.8. The predicted molar refractivity (Wildman–Crippen MR) is 208 cm³/mol. The van der Waals surface area contributed by atoms with Crippen molar-refractivity contribution in [3.63, 3.8) is 0 Å². The van der Waals surface area contributed by atoms with Crippen LogP contribution in [0.4, 0.5) is 0 Å². The molecule has 12 heteroatoms. The summed E-state index contributed by atoms with van der Waals surface area (Å²) in [6, 6.07) is 27.8. The Morgan fingerprint density at radius 1 is 0.735 bits per heavy atom. The maximum Gasteiger partial charge on any atom is 0.321 e. The van der Waals surface area contributed by atoms with E-state index >= 15 is 0 Å². The Hall–Kier alpha value is -3.34. The average Bonchev–Trinajstić information content (AvgIpc) is 3.15. The van der Waals surface area contributed by atoms with Crippen molar-refractivity contribution < 1.29 is 26.4 Å². The molecule has 8 nitrogen and oxygen atoms in total. The Morgan fingerprint density at radius 2 is 1.24 bits per heavy atom. The molecule has 1 unspecified atom stereocenters. The molecule has 4 aromatic carbocycles. The number of sulfonamides is 2. The Labute approximate surface area is 314 Å². The van der Waals surface area contributed by atoms with Crippen LogP contribution in [0.15, 0.2) is 122 Å². The second kappa shape index (κ2) is 14.1. The number of hydrogen-bond acceptors (Lipinski definition) is 6. The van der Waals surface area contributed by atoms with E-state index in [4.69, 9.17) is 4.74 Å². The van der Waals surface area contributed by atoms with Gasteiger partial charge in [-0.05, 0) is 154 Å². The van der Waals surface area contributed by atoms with Crippen molar-refractivity contribution in [1.29, 1.82) is 0 Å². The van der Waals surface area contributed by atoms with Gasteiger partial charge in [0.1, 0.15) is 5.92 Å². The van der Waals surface area contributed by atoms with Crippen molar-refractivity contribution in [3.8, 4) is 0 Å². The van der Waals surface area contributed by atoms with Gasteiger partial charge in [-0.25, -0.2) is 12.7 Å². The minimum atomic E-state index is -4.52. The molecule has 0 fully saturated rings. The van der Waals surface area contributed by atoms with Gasteiger partial charge in [0.05, 0.1) is 22.9 Å². The summed E-state index contributed by atoms with van der Waals surface area (Å²) in [7, 11) is -8.99. The van der Waals surface area contributed by atoms with Gasteiger partial charge in [0.15, 0.2) is 5.84 Å². The molecule has 0 N–H and O–H groups in total. The number of hydrogen-bond donors (Lipinski definition) is 0. The summed E-state index contributed by atoms with van der Waals surface area (Å²) >= 11 is 4.42. The van der Waals surface area contributed by atoms with Gasteiger partial charge < -0.3 is 4.74 Å². The van der Waals surface area contributed by atoms with Crippen LogP contribution in [0.5, 0.6) is 0 Å². The zero-order chi connectivity index (χ0) is 35.1. The lowest BCUT2D eigenvalue weighted by atomic mass is 9.73. The molecule has 0 spiro atoms. The van der Waals surface area contributed by atoms with Crippen LogP contribution < -0.4 is 0 Å². The van der Waals surface area contributed by atoms with Crippen LogP contribution in [-0.2, 0) is 29.6 Å². The number of benzene rings is 4. The van der Waals surface area contributed by atoms with Crippen LogP contribution in [0.25, 0.3) is 11.1 Å². The third-order valence-corrected chi connectivity index (χ3v) is 13.0. The SMILES string of the molecule is CCOC(=O)C1C(c2ccc(I)cc2)=C2CC(c3ccc(I)cc3)=C2CN(S(=O)(=O)c2ccc(C)cc2)/C1=N/S(=O)(=O)c1ccc(C)cc1. The largest absolute Gasteiger partial charge is 0.465 e. The fourth-order valence-corrected chi connectivity index (χ4v) is 9.20. The van der Waals surface area contributed by atoms with Crippen LogP contribution in [-0.4, -0.2) is 46.1 Å². The van der Waals surface area contributed by atoms with E-state index in [0.29, 0.717) is 23.1 Å². The topological polar surface area (TPSA) is 110 Å². The third-order valence-electron chi connectivity index (χ3n) is 8.52. The van der Waals surface area contributed by atoms with E-state index in [1.165, 1.54) is 24.3 Å². The number of ether oxygens (including phenoxy) is 1. The van der Waals surface area contributed by atoms with Crippen molar-refractivity contribution in [1.82, 2.24) is 4.31 Å². The zero-order valence-corrected chi connectivity index (χ0v) is 32.8. The number of carbonyl (C=O) groups excluding carboxylic acids is 1. The molecule has 0 amide bonds. The molecular weight excluding hydrogens is 886 g/mol. The highest BCUT2D eigenvalue weighted by Crippen LogP contribution is 2.50. The fourth-order valence-electron chi connectivity index (χ4n) is 5.96. The molecule has 4 aromatic rings. The summed E-state index contributed by atoms with van der Waals surface area (Å²) < 4.78 is 70.6. The van der Waals surface area contributed by atoms with Gasteiger partial charge in [0, 0.05) is 7.14 Å². The predicted octanol–water partition coefficient (Wildman–Crippen LogP) is 7.79. The lowest BCUT2D eigenvalue weighted by molar-refractivity contribution is -0.144. The monoisotopic (exact) mass is 918 g/mol. The minimum Gasteiger partial charge on any atom is -0.465 e. The normalized spacial score (nSPS) is 17.4. The number of halogens is 2. The van der Waals surface area contributed by atoms with E-state index in [1.54, 1.807) is 31.2 Å². The van der Waals surface area contributed by atoms with E-state index in [9.17, 15) is 21.6 Å². The molecule has 252 valence electrons. The Kier molecular flexibility index (Phi) is 10.2. The molecule has 0 saturated heterocycles. The van der Waals surface area contributed by atoms with Crippen molar-refractivity contribution >= 4 is 88.2 Å². The van der Waals surface area contributed by atoms with Gasteiger partial charge in [0.2, 0.25) is 0 Å². The highest BCUT2D eigenvalue weighted by atomic mass is 127. The molecule has 1 aliphatic heterocycles. The lowest BCUT2D eigenvalue weighted by Gasteiger charge is -2.31. The van der Waals surface area contributed by atoms with Crippen molar-refractivity contribution in [2.45, 2.75) is 37.0 Å². The first-order chi connectivity index (χ1) is 23.3. The minimum absolute atomic E-state index is 0.00998. The zero-order valence-electron chi connectivity index (χ0n) is 26.9. The number of carbonyl (C=O) groups is 1. The number of rotatable bonds is 8. The van der Waals surface area contributed by atoms with Crippen LogP contribution in [0.2, 0.25) is 0 Å². The standard InChI is InChI=1S/C37H32I2N2O6S2/c1-4-47-37(42)35-34(26-11-15-28(39)16-12-26)32-21-31(25-9-13-27(38)14-10-25)33(32)22-41(49(45,46)30-19-7-24(3)8-20-30)36(35)40-48(43,44)29-17-5-23(2)6-18-29/h5-20,35H,4,21-22H2,1-3H3/b40-36+. The number of fused-ring (bicyclic) bond motifs is 1. The molecule has 0 bridgehead atoms. The molecule has 0 radical (unpaired) electrons. The third kappa shape index (κ3) is 7.14. The highest BCUT2D eigenvalue weighted by molar-refractivity contribution is 14.1. The maximum atomic E-state index is 14.8. The first kappa shape index (κ1) is 35.5. The quantitative estimate of drug-likeness (QED) is 0.132. The van der Waals surface area contributed by atoms with Gasteiger partial charge in [-0.3, -0.25) is 4.79 Å². The molecular formula is C37H32I2N2O6S2. The first-order valence-corrected chi connectivity index (χ1v) is 20.5. The summed E-state index contributed by atoms with van der Waals surface area (Å²) in [5, 5.41) is 0. The summed E-state index contributed by atoms with van der Waals surface area (Å²) in [5.41, 5.74) is 6.07. The van der Waals surface area contributed by atoms with Crippen molar-refractivity contribution in [3.05, 3.63) is 138 Å². The second-order valence-electron chi connectivity index (χ2n) is 11.8. The van der Waals surface area contributed by atoms with Crippen molar-refractivity contribution in [2.24, 2.45) is 10.3 Å². The number of esters is 1. The Balaban J connectivity index is 1.70. The second-order valence-corrected chi connectivity index (χ2v) is 17.7. The molecule has 1 heterocycles. The van der Waals surface area contributed by atoms with E-state index in [2.05, 4.69) is 49.6 Å². The van der Waals surface area contributed by atoms with Crippen molar-refractivity contribution in [2.75, 3.05) is 13.2 Å². The lowest BCUT2D eigenvalue weighted by Crippen LogP contribution is -2.44. The summed E-state index contributed by atoms with van der Waals surface area (Å²) in [6.45, 7) is 5.07. The number of amidine groups is 1. The Morgan fingerprint density at radius 3 is 1.78 bits per heavy atom. The van der Waals surface area contributed by atoms with E-state index in [1.807, 2.05) is 62.4 Å². The molecule has 0 saturated carbocycles. The van der Waals surface area contributed by atoms with Gasteiger partial charge in [-0.1, -0.05) is 59.7 Å².